The summed E-state index contributed by atoms with van der Waals surface area (Å²) in [5.41, 5.74) is 2.54. The van der Waals surface area contributed by atoms with Crippen LogP contribution in [0, 0.1) is 11.8 Å². The fourth-order valence-electron chi connectivity index (χ4n) is 7.69. The predicted molar refractivity (Wildman–Crippen MR) is 207 cm³/mol. The lowest BCUT2D eigenvalue weighted by Gasteiger charge is -2.24. The molecule has 0 bridgehead atoms. The Hall–Kier alpha value is -4.15. The summed E-state index contributed by atoms with van der Waals surface area (Å²) in [6.07, 6.45) is 8.82. The Labute approximate surface area is 309 Å². The molecule has 0 radical (unpaired) electrons. The van der Waals surface area contributed by atoms with Gasteiger partial charge in [-0.3, -0.25) is 14.6 Å². The lowest BCUT2D eigenvalue weighted by Crippen LogP contribution is -2.23. The highest BCUT2D eigenvalue weighted by Gasteiger charge is 2.41. The third-order valence-corrected chi connectivity index (χ3v) is 11.9. The van der Waals surface area contributed by atoms with Crippen molar-refractivity contribution in [2.24, 2.45) is 11.8 Å². The molecule has 52 heavy (non-hydrogen) atoms. The van der Waals surface area contributed by atoms with Crippen molar-refractivity contribution in [3.63, 3.8) is 0 Å². The van der Waals surface area contributed by atoms with E-state index in [0.717, 1.165) is 74.7 Å². The van der Waals surface area contributed by atoms with E-state index in [0.29, 0.717) is 32.1 Å². The lowest BCUT2D eigenvalue weighted by molar-refractivity contribution is -0.145. The number of hydrogen-bond acceptors (Lipinski definition) is 8. The van der Waals surface area contributed by atoms with E-state index in [1.165, 1.54) is 0 Å². The van der Waals surface area contributed by atoms with E-state index in [1.54, 1.807) is 23.7 Å². The van der Waals surface area contributed by atoms with Crippen LogP contribution in [0.4, 0.5) is 5.69 Å². The van der Waals surface area contributed by atoms with E-state index >= 15 is 0 Å². The average Bonchev–Trinajstić information content (AvgIpc) is 3.71. The van der Waals surface area contributed by atoms with Gasteiger partial charge in [0, 0.05) is 39.5 Å². The number of aliphatic hydroxyl groups is 3. The molecule has 9 heteroatoms. The summed E-state index contributed by atoms with van der Waals surface area (Å²) in [6.45, 7) is 2.18. The Morgan fingerprint density at radius 2 is 1.65 bits per heavy atom. The molecule has 0 spiro atoms. The molecule has 1 aliphatic rings. The van der Waals surface area contributed by atoms with E-state index in [2.05, 4.69) is 22.4 Å². The van der Waals surface area contributed by atoms with Gasteiger partial charge in [-0.05, 0) is 103 Å². The van der Waals surface area contributed by atoms with E-state index in [9.17, 15) is 24.9 Å². The smallest absolute Gasteiger partial charge is 0.306 e. The number of rotatable bonds is 17. The number of nitrogens with zero attached hydrogens (tertiary/aromatic N) is 1. The SMILES string of the molecule is CCC(C(=O)Nc1ccc2cnccc2c1)c1ccc(COC(=O)CCCCCCC2[C@@H](CC[C@@H](O)c3cc4ccccc4s3)[C@H](O)C[C@@H]2O)cc1. The molecule has 5 aromatic rings. The van der Waals surface area contributed by atoms with Crippen molar-refractivity contribution in [3.8, 4) is 0 Å². The monoisotopic (exact) mass is 722 g/mol. The summed E-state index contributed by atoms with van der Waals surface area (Å²) in [4.78, 5) is 30.7. The van der Waals surface area contributed by atoms with Crippen molar-refractivity contribution in [1.82, 2.24) is 4.98 Å². The zero-order valence-electron chi connectivity index (χ0n) is 29.8. The summed E-state index contributed by atoms with van der Waals surface area (Å²) in [7, 11) is 0. The highest BCUT2D eigenvalue weighted by molar-refractivity contribution is 7.19. The lowest BCUT2D eigenvalue weighted by atomic mass is 9.84. The summed E-state index contributed by atoms with van der Waals surface area (Å²) in [5, 5.41) is 38.5. The standard InChI is InChI=1S/C43H50N2O6S/c1-2-34(43(50)45-33-18-17-32-26-44-22-21-30(32)23-33)29-15-13-28(14-16-29)27-51-42(49)12-6-4-3-5-10-35-36(39(48)25-38(35)47)19-20-37(46)41-24-31-9-7-8-11-40(31)52-41/h7-9,11,13-18,21-24,26,34-39,46-48H,2-6,10,12,19-20,25,27H2,1H3,(H,45,50)/t34?,35?,36-,37-,38+,39-/m1/s1. The van der Waals surface area contributed by atoms with Gasteiger partial charge in [0.15, 0.2) is 0 Å². The van der Waals surface area contributed by atoms with Crippen LogP contribution in [0.2, 0.25) is 0 Å². The van der Waals surface area contributed by atoms with Crippen molar-refractivity contribution >= 4 is 49.8 Å². The summed E-state index contributed by atoms with van der Waals surface area (Å²) in [5.74, 6) is -0.603. The molecule has 3 aromatic carbocycles. The average molecular weight is 723 g/mol. The quantitative estimate of drug-likeness (QED) is 0.0558. The van der Waals surface area contributed by atoms with Gasteiger partial charge < -0.3 is 25.4 Å². The van der Waals surface area contributed by atoms with Gasteiger partial charge in [0.2, 0.25) is 5.91 Å². The van der Waals surface area contributed by atoms with Crippen LogP contribution in [-0.2, 0) is 20.9 Å². The molecule has 1 fully saturated rings. The number of aliphatic hydroxyl groups excluding tert-OH is 3. The summed E-state index contributed by atoms with van der Waals surface area (Å²) < 4.78 is 6.69. The number of unbranched alkanes of at least 4 members (excludes halogenated alkanes) is 3. The Morgan fingerprint density at radius 1 is 0.885 bits per heavy atom. The molecular formula is C43H50N2O6S. The molecule has 2 unspecified atom stereocenters. The number of fused-ring (bicyclic) bond motifs is 2. The normalized spacial score (nSPS) is 19.8. The van der Waals surface area contributed by atoms with Crippen molar-refractivity contribution in [2.45, 2.75) is 102 Å². The largest absolute Gasteiger partial charge is 0.461 e. The first-order chi connectivity index (χ1) is 25.3. The Morgan fingerprint density at radius 3 is 2.44 bits per heavy atom. The minimum atomic E-state index is -0.575. The minimum absolute atomic E-state index is 0.0190. The van der Waals surface area contributed by atoms with E-state index in [4.69, 9.17) is 4.74 Å². The van der Waals surface area contributed by atoms with E-state index in [1.807, 2.05) is 73.7 Å². The second kappa shape index (κ2) is 18.1. The highest BCUT2D eigenvalue weighted by atomic mass is 32.1. The molecule has 4 N–H and O–H groups in total. The van der Waals surface area contributed by atoms with Crippen LogP contribution in [0.3, 0.4) is 0 Å². The van der Waals surface area contributed by atoms with Crippen LogP contribution in [0.15, 0.2) is 91.3 Å². The van der Waals surface area contributed by atoms with Crippen molar-refractivity contribution in [3.05, 3.63) is 107 Å². The number of benzene rings is 3. The first-order valence-electron chi connectivity index (χ1n) is 18.7. The van der Waals surface area contributed by atoms with Crippen molar-refractivity contribution in [2.75, 3.05) is 5.32 Å². The molecule has 1 amide bonds. The number of anilines is 1. The van der Waals surface area contributed by atoms with Crippen molar-refractivity contribution < 1.29 is 29.6 Å². The second-order valence-corrected chi connectivity index (χ2v) is 15.3. The zero-order chi connectivity index (χ0) is 36.5. The fraction of sp³-hybridized carbons (Fsp3) is 0.419. The molecule has 274 valence electrons. The van der Waals surface area contributed by atoms with Gasteiger partial charge in [0.05, 0.1) is 24.2 Å². The predicted octanol–water partition coefficient (Wildman–Crippen LogP) is 8.84. The number of ether oxygens (including phenoxy) is 1. The van der Waals surface area contributed by atoms with Crippen LogP contribution in [0.5, 0.6) is 0 Å². The Balaban J connectivity index is 0.872. The number of carbonyl (C=O) groups excluding carboxylic acids is 2. The van der Waals surface area contributed by atoms with Gasteiger partial charge in [-0.2, -0.15) is 0 Å². The maximum atomic E-state index is 13.2. The molecule has 1 saturated carbocycles. The number of nitrogens with one attached hydrogen (secondary N) is 1. The number of esters is 1. The first kappa shape index (κ1) is 37.6. The Bertz CT molecular complexity index is 1890. The highest BCUT2D eigenvalue weighted by Crippen LogP contribution is 2.41. The molecule has 2 heterocycles. The van der Waals surface area contributed by atoms with Crippen LogP contribution in [0.1, 0.15) is 99.2 Å². The maximum Gasteiger partial charge on any atom is 0.306 e. The number of hydrogen-bond donors (Lipinski definition) is 4. The molecule has 6 rings (SSSR count). The van der Waals surface area contributed by atoms with Gasteiger partial charge in [-0.15, -0.1) is 11.3 Å². The molecule has 2 aromatic heterocycles. The topological polar surface area (TPSA) is 129 Å². The number of amides is 1. The number of aromatic nitrogens is 1. The minimum Gasteiger partial charge on any atom is -0.461 e. The van der Waals surface area contributed by atoms with Crippen LogP contribution < -0.4 is 5.32 Å². The molecule has 0 saturated heterocycles. The second-order valence-electron chi connectivity index (χ2n) is 14.2. The van der Waals surface area contributed by atoms with Gasteiger partial charge in [-0.25, -0.2) is 0 Å². The maximum absolute atomic E-state index is 13.2. The van der Waals surface area contributed by atoms with Crippen molar-refractivity contribution in [1.29, 1.82) is 0 Å². The van der Waals surface area contributed by atoms with Gasteiger partial charge >= 0.3 is 5.97 Å². The molecule has 1 aliphatic carbocycles. The Kier molecular flexibility index (Phi) is 13.1. The third kappa shape index (κ3) is 9.63. The van der Waals surface area contributed by atoms with E-state index in [-0.39, 0.29) is 36.2 Å². The van der Waals surface area contributed by atoms with Gasteiger partial charge in [0.25, 0.3) is 0 Å². The number of thiophene rings is 1. The van der Waals surface area contributed by atoms with Gasteiger partial charge in [-0.1, -0.05) is 74.7 Å². The van der Waals surface area contributed by atoms with Crippen LogP contribution >= 0.6 is 11.3 Å². The van der Waals surface area contributed by atoms with Gasteiger partial charge in [0.1, 0.15) is 6.61 Å². The number of pyridine rings is 1. The molecule has 8 nitrogen and oxygen atoms in total. The summed E-state index contributed by atoms with van der Waals surface area (Å²) in [6, 6.07) is 25.6. The fourth-order valence-corrected chi connectivity index (χ4v) is 8.77. The zero-order valence-corrected chi connectivity index (χ0v) is 30.6. The van der Waals surface area contributed by atoms with Crippen LogP contribution in [-0.4, -0.2) is 44.4 Å². The van der Waals surface area contributed by atoms with E-state index < -0.39 is 18.3 Å². The third-order valence-electron chi connectivity index (χ3n) is 10.7. The molecular weight excluding hydrogens is 673 g/mol. The molecule has 0 aliphatic heterocycles. The number of carbonyl (C=O) groups is 2. The molecule has 6 atom stereocenters. The van der Waals surface area contributed by atoms with Crippen LogP contribution in [0.25, 0.3) is 20.9 Å². The summed E-state index contributed by atoms with van der Waals surface area (Å²) >= 11 is 1.61. The first-order valence-corrected chi connectivity index (χ1v) is 19.5.